The largest absolute Gasteiger partial charge is 0.135 e. The van der Waals surface area contributed by atoms with Crippen molar-refractivity contribution in [3.63, 3.8) is 0 Å². The summed E-state index contributed by atoms with van der Waals surface area (Å²) in [5.41, 5.74) is 12.8. The minimum atomic E-state index is 0.863. The summed E-state index contributed by atoms with van der Waals surface area (Å²) in [5, 5.41) is 7.62. The molecule has 0 radical (unpaired) electrons. The van der Waals surface area contributed by atoms with Gasteiger partial charge in [-0.2, -0.15) is 0 Å². The minimum absolute atomic E-state index is 0.863. The van der Waals surface area contributed by atoms with E-state index in [4.69, 9.17) is 0 Å². The lowest BCUT2D eigenvalue weighted by molar-refractivity contribution is 1.23. The van der Waals surface area contributed by atoms with Gasteiger partial charge in [0.25, 0.3) is 0 Å². The van der Waals surface area contributed by atoms with E-state index in [9.17, 15) is 0 Å². The van der Waals surface area contributed by atoms with E-state index in [0.29, 0.717) is 0 Å². The smallest absolute Gasteiger partial charge is 0.0361 e. The quantitative estimate of drug-likeness (QED) is 0.170. The Balaban J connectivity index is 1.21. The van der Waals surface area contributed by atoms with Crippen LogP contribution < -0.4 is 10.4 Å². The minimum Gasteiger partial charge on any atom is -0.135 e. The van der Waals surface area contributed by atoms with Crippen LogP contribution in [0.5, 0.6) is 0 Å². The summed E-state index contributed by atoms with van der Waals surface area (Å²) < 4.78 is 0. The van der Waals surface area contributed by atoms with Gasteiger partial charge in [0.05, 0.1) is 0 Å². The van der Waals surface area contributed by atoms with Gasteiger partial charge in [0, 0.05) is 15.3 Å². The predicted octanol–water partition coefficient (Wildman–Crippen LogP) is 12.3. The first kappa shape index (κ1) is 30.5. The van der Waals surface area contributed by atoms with Crippen LogP contribution in [0.2, 0.25) is 0 Å². The molecule has 2 aliphatic carbocycles. The van der Waals surface area contributed by atoms with Crippen LogP contribution >= 0.6 is 11.3 Å². The van der Waals surface area contributed by atoms with E-state index in [1.165, 1.54) is 97.4 Å². The van der Waals surface area contributed by atoms with Crippen molar-refractivity contribution in [1.82, 2.24) is 0 Å². The van der Waals surface area contributed by atoms with Crippen LogP contribution in [0, 0.1) is 0 Å². The van der Waals surface area contributed by atoms with E-state index in [1.54, 1.807) is 0 Å². The molecule has 0 N–H and O–H groups in total. The molecule has 0 nitrogen and oxygen atoms in total. The highest BCUT2D eigenvalue weighted by Gasteiger charge is 2.22. The second-order valence-electron chi connectivity index (χ2n) is 13.6. The molecule has 52 heavy (non-hydrogen) atoms. The first-order valence-electron chi connectivity index (χ1n) is 18.0. The highest BCUT2D eigenvalue weighted by Crippen LogP contribution is 2.44. The van der Waals surface area contributed by atoms with Crippen molar-refractivity contribution < 1.29 is 0 Å². The summed E-state index contributed by atoms with van der Waals surface area (Å²) in [6.45, 7) is 0. The van der Waals surface area contributed by atoms with E-state index < -0.39 is 0 Å². The zero-order valence-electron chi connectivity index (χ0n) is 28.6. The maximum atomic E-state index is 2.42. The highest BCUT2D eigenvalue weighted by atomic mass is 32.1. The fraction of sp³-hybridized carbons (Fsp3) is 0.0196. The molecule has 0 amide bonds. The fourth-order valence-electron chi connectivity index (χ4n) is 8.15. The van der Waals surface area contributed by atoms with E-state index in [2.05, 4.69) is 194 Å². The lowest BCUT2D eigenvalue weighted by Crippen LogP contribution is -2.29. The first-order valence-corrected chi connectivity index (χ1v) is 18.8. The third-order valence-corrected chi connectivity index (χ3v) is 11.7. The number of allylic oxidation sites excluding steroid dienone is 6. The highest BCUT2D eigenvalue weighted by molar-refractivity contribution is 7.19. The SMILES string of the molecule is C1=CC=C2CC(=C1)C(c1cccc(-c3ccc4ccccc4c3-c3ccc(-c4ccccc4)s3)c1)=c1ccccc1=C2c1ccc2ccccc2c1. The third-order valence-electron chi connectivity index (χ3n) is 10.5. The molecule has 0 saturated heterocycles. The Morgan fingerprint density at radius 2 is 0.981 bits per heavy atom. The van der Waals surface area contributed by atoms with Crippen LogP contribution in [-0.2, 0) is 0 Å². The van der Waals surface area contributed by atoms with Gasteiger partial charge in [-0.25, -0.2) is 0 Å². The van der Waals surface area contributed by atoms with Crippen LogP contribution in [0.1, 0.15) is 17.5 Å². The van der Waals surface area contributed by atoms with E-state index in [1.807, 2.05) is 11.3 Å². The summed E-state index contributed by atoms with van der Waals surface area (Å²) >= 11 is 1.87. The Bertz CT molecular complexity index is 2910. The van der Waals surface area contributed by atoms with Gasteiger partial charge in [-0.3, -0.25) is 0 Å². The molecular weight excluding hydrogens is 645 g/mol. The summed E-state index contributed by atoms with van der Waals surface area (Å²) in [7, 11) is 0. The summed E-state index contributed by atoms with van der Waals surface area (Å²) in [6, 6.07) is 62.5. The van der Waals surface area contributed by atoms with Gasteiger partial charge >= 0.3 is 0 Å². The second-order valence-corrected chi connectivity index (χ2v) is 14.7. The van der Waals surface area contributed by atoms with Crippen molar-refractivity contribution in [2.24, 2.45) is 0 Å². The van der Waals surface area contributed by atoms with E-state index in [0.717, 1.165) is 6.42 Å². The fourth-order valence-corrected chi connectivity index (χ4v) is 9.24. The third kappa shape index (κ3) is 5.30. The Morgan fingerprint density at radius 1 is 0.385 bits per heavy atom. The second kappa shape index (κ2) is 12.8. The van der Waals surface area contributed by atoms with Crippen molar-refractivity contribution >= 4 is 44.0 Å². The number of hydrogen-bond donors (Lipinski definition) is 0. The van der Waals surface area contributed by atoms with Gasteiger partial charge in [0.1, 0.15) is 0 Å². The molecule has 1 aromatic heterocycles. The topological polar surface area (TPSA) is 0 Å². The normalized spacial score (nSPS) is 13.8. The number of hydrogen-bond acceptors (Lipinski definition) is 1. The molecule has 0 spiro atoms. The summed E-state index contributed by atoms with van der Waals surface area (Å²) in [6.07, 6.45) is 9.92. The molecule has 1 heteroatoms. The Labute approximate surface area is 308 Å². The van der Waals surface area contributed by atoms with Gasteiger partial charge in [0.2, 0.25) is 0 Å². The van der Waals surface area contributed by atoms with Gasteiger partial charge in [-0.1, -0.05) is 170 Å². The van der Waals surface area contributed by atoms with Crippen LogP contribution in [0.25, 0.3) is 64.7 Å². The maximum Gasteiger partial charge on any atom is 0.0361 e. The number of rotatable bonds is 5. The molecule has 0 aliphatic heterocycles. The van der Waals surface area contributed by atoms with Crippen LogP contribution in [-0.4, -0.2) is 0 Å². The maximum absolute atomic E-state index is 2.42. The Kier molecular flexibility index (Phi) is 7.52. The van der Waals surface area contributed by atoms with Crippen molar-refractivity contribution in [3.05, 3.63) is 227 Å². The van der Waals surface area contributed by atoms with Crippen molar-refractivity contribution in [3.8, 4) is 32.0 Å². The zero-order chi connectivity index (χ0) is 34.4. The van der Waals surface area contributed by atoms with Gasteiger partial charge < -0.3 is 0 Å². The first-order chi connectivity index (χ1) is 25.8. The molecule has 0 unspecified atom stereocenters. The molecule has 2 aliphatic rings. The zero-order valence-corrected chi connectivity index (χ0v) is 29.4. The molecule has 0 fully saturated rings. The van der Waals surface area contributed by atoms with Crippen LogP contribution in [0.15, 0.2) is 205 Å². The Morgan fingerprint density at radius 3 is 1.77 bits per heavy atom. The Hall–Kier alpha value is -6.28. The summed E-state index contributed by atoms with van der Waals surface area (Å²) in [5.74, 6) is 0. The molecule has 8 aromatic rings. The lowest BCUT2D eigenvalue weighted by atomic mass is 9.88. The number of thiophene rings is 1. The van der Waals surface area contributed by atoms with Crippen molar-refractivity contribution in [2.45, 2.75) is 6.42 Å². The molecule has 2 bridgehead atoms. The lowest BCUT2D eigenvalue weighted by Gasteiger charge is -2.16. The molecule has 1 heterocycles. The van der Waals surface area contributed by atoms with Crippen molar-refractivity contribution in [2.75, 3.05) is 0 Å². The van der Waals surface area contributed by atoms with Gasteiger partial charge in [0.15, 0.2) is 0 Å². The van der Waals surface area contributed by atoms with Crippen molar-refractivity contribution in [1.29, 1.82) is 0 Å². The predicted molar refractivity (Wildman–Crippen MR) is 223 cm³/mol. The molecular formula is C51H34S. The molecule has 0 saturated carbocycles. The standard InChI is InChI=1S/C51H34S/c1-2-15-36(16-3-1)47-29-30-48(52-47)51-43-22-9-8-14-35(43)27-28-44(51)38-20-12-21-41(32-38)49-39-18-6-7-19-40(33-39)50(46-24-11-10-23-45(46)49)42-26-25-34-13-4-5-17-37(34)31-42/h1-32H,33H2. The number of fused-ring (bicyclic) bond motifs is 5. The molecule has 0 atom stereocenters. The summed E-state index contributed by atoms with van der Waals surface area (Å²) in [4.78, 5) is 2.56. The van der Waals surface area contributed by atoms with Gasteiger partial charge in [-0.05, 0) is 113 Å². The average molecular weight is 679 g/mol. The monoisotopic (exact) mass is 678 g/mol. The van der Waals surface area contributed by atoms with E-state index >= 15 is 0 Å². The van der Waals surface area contributed by atoms with Gasteiger partial charge in [-0.15, -0.1) is 11.3 Å². The van der Waals surface area contributed by atoms with Crippen LogP contribution in [0.4, 0.5) is 0 Å². The molecule has 244 valence electrons. The van der Waals surface area contributed by atoms with Crippen LogP contribution in [0.3, 0.4) is 0 Å². The number of benzene rings is 7. The molecule has 10 rings (SSSR count). The average Bonchev–Trinajstić information content (AvgIpc) is 3.51. The van der Waals surface area contributed by atoms with E-state index in [-0.39, 0.29) is 0 Å². The molecule has 7 aromatic carbocycles.